The number of halogens is 1. The van der Waals surface area contributed by atoms with Crippen LogP contribution in [0.1, 0.15) is 23.2 Å². The van der Waals surface area contributed by atoms with E-state index in [1.807, 2.05) is 12.1 Å². The van der Waals surface area contributed by atoms with E-state index in [0.717, 1.165) is 17.3 Å². The minimum absolute atomic E-state index is 0.0775. The molecule has 1 aliphatic carbocycles. The SMILES string of the molecule is Nc1c(Br)cccc1C(=O)NC1CC1. The van der Waals surface area contributed by atoms with Crippen molar-refractivity contribution in [3.8, 4) is 0 Å². The van der Waals surface area contributed by atoms with Gasteiger partial charge in [-0.05, 0) is 40.9 Å². The number of amides is 1. The van der Waals surface area contributed by atoms with Crippen molar-refractivity contribution in [3.05, 3.63) is 28.2 Å². The molecule has 4 heteroatoms. The molecule has 0 atom stereocenters. The monoisotopic (exact) mass is 254 g/mol. The van der Waals surface area contributed by atoms with Crippen molar-refractivity contribution in [3.63, 3.8) is 0 Å². The third kappa shape index (κ3) is 1.90. The molecule has 0 bridgehead atoms. The Morgan fingerprint density at radius 1 is 1.50 bits per heavy atom. The van der Waals surface area contributed by atoms with Gasteiger partial charge in [0.2, 0.25) is 0 Å². The zero-order valence-corrected chi connectivity index (χ0v) is 9.17. The fourth-order valence-corrected chi connectivity index (χ4v) is 1.59. The number of nitrogens with one attached hydrogen (secondary N) is 1. The highest BCUT2D eigenvalue weighted by Gasteiger charge is 2.24. The molecular formula is C10H11BrN2O. The van der Waals surface area contributed by atoms with Gasteiger partial charge in [0.25, 0.3) is 5.91 Å². The van der Waals surface area contributed by atoms with E-state index in [2.05, 4.69) is 21.2 Å². The van der Waals surface area contributed by atoms with Crippen LogP contribution in [0.2, 0.25) is 0 Å². The number of para-hydroxylation sites is 1. The number of nitrogen functional groups attached to an aromatic ring is 1. The number of hydrogen-bond donors (Lipinski definition) is 2. The molecule has 74 valence electrons. The molecule has 0 aliphatic heterocycles. The second kappa shape index (κ2) is 3.61. The Kier molecular flexibility index (Phi) is 2.46. The van der Waals surface area contributed by atoms with Gasteiger partial charge in [0, 0.05) is 10.5 Å². The zero-order valence-electron chi connectivity index (χ0n) is 7.59. The van der Waals surface area contributed by atoms with Gasteiger partial charge in [-0.1, -0.05) is 6.07 Å². The highest BCUT2D eigenvalue weighted by atomic mass is 79.9. The van der Waals surface area contributed by atoms with Crippen LogP contribution < -0.4 is 11.1 Å². The van der Waals surface area contributed by atoms with Crippen molar-refractivity contribution < 1.29 is 4.79 Å². The molecule has 0 spiro atoms. The normalized spacial score (nSPS) is 15.2. The molecule has 0 radical (unpaired) electrons. The summed E-state index contributed by atoms with van der Waals surface area (Å²) in [6.07, 6.45) is 2.17. The fraction of sp³-hybridized carbons (Fsp3) is 0.300. The average Bonchev–Trinajstić information content (AvgIpc) is 2.93. The lowest BCUT2D eigenvalue weighted by Gasteiger charge is -2.07. The molecule has 1 amide bonds. The summed E-state index contributed by atoms with van der Waals surface area (Å²) in [5.74, 6) is -0.0775. The van der Waals surface area contributed by atoms with Crippen LogP contribution in [0.5, 0.6) is 0 Å². The van der Waals surface area contributed by atoms with Gasteiger partial charge in [0.05, 0.1) is 11.3 Å². The second-order valence-electron chi connectivity index (χ2n) is 3.45. The third-order valence-corrected chi connectivity index (χ3v) is 2.90. The molecule has 3 N–H and O–H groups in total. The van der Waals surface area contributed by atoms with Gasteiger partial charge in [0.1, 0.15) is 0 Å². The van der Waals surface area contributed by atoms with Crippen LogP contribution in [0.15, 0.2) is 22.7 Å². The van der Waals surface area contributed by atoms with E-state index >= 15 is 0 Å². The lowest BCUT2D eigenvalue weighted by atomic mass is 10.1. The molecule has 3 nitrogen and oxygen atoms in total. The molecule has 1 aromatic carbocycles. The van der Waals surface area contributed by atoms with Crippen LogP contribution in [0.3, 0.4) is 0 Å². The maximum atomic E-state index is 11.7. The van der Waals surface area contributed by atoms with Gasteiger partial charge in [-0.3, -0.25) is 4.79 Å². The van der Waals surface area contributed by atoms with Gasteiger partial charge < -0.3 is 11.1 Å². The predicted molar refractivity (Wildman–Crippen MR) is 59.0 cm³/mol. The minimum Gasteiger partial charge on any atom is -0.397 e. The maximum absolute atomic E-state index is 11.7. The Balaban J connectivity index is 2.21. The number of carbonyl (C=O) groups excluding carboxylic acids is 1. The van der Waals surface area contributed by atoms with E-state index in [1.165, 1.54) is 0 Å². The minimum atomic E-state index is -0.0775. The summed E-state index contributed by atoms with van der Waals surface area (Å²) in [6.45, 7) is 0. The molecule has 1 fully saturated rings. The van der Waals surface area contributed by atoms with Gasteiger partial charge in [-0.15, -0.1) is 0 Å². The van der Waals surface area contributed by atoms with Crippen molar-refractivity contribution in [1.82, 2.24) is 5.32 Å². The van der Waals surface area contributed by atoms with Crippen molar-refractivity contribution >= 4 is 27.5 Å². The standard InChI is InChI=1S/C10H11BrN2O/c11-8-3-1-2-7(9(8)12)10(14)13-6-4-5-6/h1-3,6H,4-5,12H2,(H,13,14). The number of rotatable bonds is 2. The molecule has 1 aromatic rings. The Hall–Kier alpha value is -1.03. The number of benzene rings is 1. The quantitative estimate of drug-likeness (QED) is 0.793. The van der Waals surface area contributed by atoms with E-state index in [0.29, 0.717) is 17.3 Å². The molecule has 14 heavy (non-hydrogen) atoms. The first-order chi connectivity index (χ1) is 6.68. The highest BCUT2D eigenvalue weighted by Crippen LogP contribution is 2.24. The lowest BCUT2D eigenvalue weighted by molar-refractivity contribution is 0.0952. The molecule has 0 heterocycles. The molecule has 0 unspecified atom stereocenters. The van der Waals surface area contributed by atoms with Gasteiger partial charge in [-0.2, -0.15) is 0 Å². The molecular weight excluding hydrogens is 244 g/mol. The number of nitrogens with two attached hydrogens (primary N) is 1. The first-order valence-corrected chi connectivity index (χ1v) is 5.32. The predicted octanol–water partition coefficient (Wildman–Crippen LogP) is 1.92. The second-order valence-corrected chi connectivity index (χ2v) is 4.30. The van der Waals surface area contributed by atoms with Crippen LogP contribution in [0.25, 0.3) is 0 Å². The van der Waals surface area contributed by atoms with E-state index in [-0.39, 0.29) is 5.91 Å². The summed E-state index contributed by atoms with van der Waals surface area (Å²) in [7, 11) is 0. The van der Waals surface area contributed by atoms with E-state index in [9.17, 15) is 4.79 Å². The van der Waals surface area contributed by atoms with Crippen LogP contribution in [0, 0.1) is 0 Å². The number of anilines is 1. The number of hydrogen-bond acceptors (Lipinski definition) is 2. The highest BCUT2D eigenvalue weighted by molar-refractivity contribution is 9.10. The van der Waals surface area contributed by atoms with Crippen LogP contribution >= 0.6 is 15.9 Å². The van der Waals surface area contributed by atoms with Gasteiger partial charge >= 0.3 is 0 Å². The smallest absolute Gasteiger partial charge is 0.253 e. The summed E-state index contributed by atoms with van der Waals surface area (Å²) in [5.41, 5.74) is 6.82. The lowest BCUT2D eigenvalue weighted by Crippen LogP contribution is -2.26. The molecule has 1 aliphatic rings. The Morgan fingerprint density at radius 2 is 2.21 bits per heavy atom. The molecule has 0 aromatic heterocycles. The maximum Gasteiger partial charge on any atom is 0.253 e. The van der Waals surface area contributed by atoms with Crippen molar-refractivity contribution in [2.45, 2.75) is 18.9 Å². The summed E-state index contributed by atoms with van der Waals surface area (Å²) < 4.78 is 0.765. The van der Waals surface area contributed by atoms with Gasteiger partial charge in [-0.25, -0.2) is 0 Å². The Morgan fingerprint density at radius 3 is 2.86 bits per heavy atom. The van der Waals surface area contributed by atoms with Crippen molar-refractivity contribution in [2.75, 3.05) is 5.73 Å². The van der Waals surface area contributed by atoms with Crippen LogP contribution in [0.4, 0.5) is 5.69 Å². The van der Waals surface area contributed by atoms with Crippen molar-refractivity contribution in [2.24, 2.45) is 0 Å². The van der Waals surface area contributed by atoms with E-state index < -0.39 is 0 Å². The summed E-state index contributed by atoms with van der Waals surface area (Å²) in [6, 6.07) is 5.73. The number of carbonyl (C=O) groups is 1. The molecule has 2 rings (SSSR count). The average molecular weight is 255 g/mol. The summed E-state index contributed by atoms with van der Waals surface area (Å²) in [4.78, 5) is 11.7. The fourth-order valence-electron chi connectivity index (χ4n) is 1.23. The van der Waals surface area contributed by atoms with Crippen LogP contribution in [-0.2, 0) is 0 Å². The summed E-state index contributed by atoms with van der Waals surface area (Å²) >= 11 is 3.29. The summed E-state index contributed by atoms with van der Waals surface area (Å²) in [5, 5.41) is 2.90. The van der Waals surface area contributed by atoms with Crippen molar-refractivity contribution in [1.29, 1.82) is 0 Å². The van der Waals surface area contributed by atoms with Crippen LogP contribution in [-0.4, -0.2) is 11.9 Å². The first-order valence-electron chi connectivity index (χ1n) is 4.53. The Labute approximate surface area is 90.8 Å². The largest absolute Gasteiger partial charge is 0.397 e. The first kappa shape index (κ1) is 9.52. The topological polar surface area (TPSA) is 55.1 Å². The third-order valence-electron chi connectivity index (χ3n) is 2.21. The zero-order chi connectivity index (χ0) is 10.1. The Bertz CT molecular complexity index is 374. The van der Waals surface area contributed by atoms with E-state index in [1.54, 1.807) is 6.07 Å². The van der Waals surface area contributed by atoms with Gasteiger partial charge in [0.15, 0.2) is 0 Å². The van der Waals surface area contributed by atoms with E-state index in [4.69, 9.17) is 5.73 Å². The molecule has 0 saturated heterocycles. The molecule has 1 saturated carbocycles.